The third kappa shape index (κ3) is 3.05. The quantitative estimate of drug-likeness (QED) is 0.876. The lowest BCUT2D eigenvalue weighted by molar-refractivity contribution is -0.0942. The van der Waals surface area contributed by atoms with E-state index in [1.54, 1.807) is 7.11 Å². The van der Waals surface area contributed by atoms with E-state index >= 15 is 0 Å². The van der Waals surface area contributed by atoms with Crippen molar-refractivity contribution in [3.8, 4) is 0 Å². The molecule has 0 heterocycles. The van der Waals surface area contributed by atoms with Crippen molar-refractivity contribution >= 4 is 11.6 Å². The van der Waals surface area contributed by atoms with Crippen LogP contribution in [0.15, 0.2) is 18.2 Å². The Balaban J connectivity index is 2.03. The minimum atomic E-state index is -0.0108. The van der Waals surface area contributed by atoms with Crippen molar-refractivity contribution < 1.29 is 9.53 Å². The molecule has 0 bridgehead atoms. The summed E-state index contributed by atoms with van der Waals surface area (Å²) in [5, 5.41) is 6.41. The maximum absolute atomic E-state index is 12.4. The van der Waals surface area contributed by atoms with Gasteiger partial charge in [0.25, 0.3) is 5.91 Å². The number of hydrogen-bond donors (Lipinski definition) is 2. The third-order valence-corrected chi connectivity index (χ3v) is 4.62. The summed E-state index contributed by atoms with van der Waals surface area (Å²) in [6.07, 6.45) is 1.10. The summed E-state index contributed by atoms with van der Waals surface area (Å²) in [5.41, 5.74) is 2.87. The minimum Gasteiger partial charge on any atom is -0.385 e. The Hall–Kier alpha value is -1.55. The van der Waals surface area contributed by atoms with Crippen LogP contribution in [0.5, 0.6) is 0 Å². The number of ether oxygens (including phenoxy) is 1. The number of anilines is 1. The van der Waals surface area contributed by atoms with Crippen LogP contribution in [0.3, 0.4) is 0 Å². The molecule has 1 aromatic carbocycles. The van der Waals surface area contributed by atoms with Crippen LogP contribution in [0, 0.1) is 12.3 Å². The van der Waals surface area contributed by atoms with E-state index in [1.807, 2.05) is 25.1 Å². The first-order chi connectivity index (χ1) is 9.90. The molecule has 1 aromatic rings. The van der Waals surface area contributed by atoms with Gasteiger partial charge in [-0.3, -0.25) is 4.79 Å². The van der Waals surface area contributed by atoms with Crippen LogP contribution in [0.1, 0.15) is 43.1 Å². The van der Waals surface area contributed by atoms with Gasteiger partial charge in [-0.15, -0.1) is 0 Å². The Bertz CT molecular complexity index is 526. The average molecular weight is 290 g/mol. The van der Waals surface area contributed by atoms with E-state index in [9.17, 15) is 4.79 Å². The molecule has 21 heavy (non-hydrogen) atoms. The Morgan fingerprint density at radius 3 is 2.67 bits per heavy atom. The summed E-state index contributed by atoms with van der Waals surface area (Å²) in [6.45, 7) is 9.22. The van der Waals surface area contributed by atoms with Crippen molar-refractivity contribution in [3.05, 3.63) is 29.3 Å². The SMILES string of the molecule is CCNc1ccc(C(=O)NC2CC(OC)C2(C)C)cc1C. The summed E-state index contributed by atoms with van der Waals surface area (Å²) in [7, 11) is 1.73. The molecule has 0 aromatic heterocycles. The standard InChI is InChI=1S/C17H26N2O2/c1-6-18-13-8-7-12(9-11(13)2)16(20)19-14-10-15(21-5)17(14,3)4/h7-9,14-15,18H,6,10H2,1-5H3,(H,19,20). The molecule has 0 aliphatic heterocycles. The molecule has 0 spiro atoms. The van der Waals surface area contributed by atoms with Crippen LogP contribution in [0.25, 0.3) is 0 Å². The van der Waals surface area contributed by atoms with Gasteiger partial charge >= 0.3 is 0 Å². The second-order valence-electron chi connectivity index (χ2n) is 6.37. The molecule has 1 saturated carbocycles. The van der Waals surface area contributed by atoms with E-state index < -0.39 is 0 Å². The highest BCUT2D eigenvalue weighted by Crippen LogP contribution is 2.42. The highest BCUT2D eigenvalue weighted by Gasteiger charge is 2.49. The van der Waals surface area contributed by atoms with Crippen molar-refractivity contribution in [1.29, 1.82) is 0 Å². The zero-order chi connectivity index (χ0) is 15.6. The summed E-state index contributed by atoms with van der Waals surface area (Å²) in [6, 6.07) is 5.95. The van der Waals surface area contributed by atoms with Crippen molar-refractivity contribution in [2.24, 2.45) is 5.41 Å². The fourth-order valence-corrected chi connectivity index (χ4v) is 2.97. The molecular weight excluding hydrogens is 264 g/mol. The van der Waals surface area contributed by atoms with Crippen molar-refractivity contribution in [1.82, 2.24) is 5.32 Å². The van der Waals surface area contributed by atoms with Gasteiger partial charge in [-0.1, -0.05) is 13.8 Å². The molecule has 2 N–H and O–H groups in total. The number of carbonyl (C=O) groups excluding carboxylic acids is 1. The van der Waals surface area contributed by atoms with Crippen LogP contribution < -0.4 is 10.6 Å². The molecule has 116 valence electrons. The maximum Gasteiger partial charge on any atom is 0.251 e. The monoisotopic (exact) mass is 290 g/mol. The van der Waals surface area contributed by atoms with Gasteiger partial charge < -0.3 is 15.4 Å². The number of methoxy groups -OCH3 is 1. The average Bonchev–Trinajstić information content (AvgIpc) is 2.45. The molecule has 1 amide bonds. The molecule has 0 saturated heterocycles. The first-order valence-electron chi connectivity index (χ1n) is 7.58. The summed E-state index contributed by atoms with van der Waals surface area (Å²) < 4.78 is 5.42. The van der Waals surface area contributed by atoms with E-state index in [0.29, 0.717) is 5.56 Å². The van der Waals surface area contributed by atoms with Gasteiger partial charge in [0.05, 0.1) is 6.10 Å². The smallest absolute Gasteiger partial charge is 0.251 e. The Kier molecular flexibility index (Phi) is 4.57. The molecule has 4 nitrogen and oxygen atoms in total. The summed E-state index contributed by atoms with van der Waals surface area (Å²) in [5.74, 6) is -0.00576. The number of carbonyl (C=O) groups is 1. The van der Waals surface area contributed by atoms with Crippen LogP contribution in [0.2, 0.25) is 0 Å². The largest absolute Gasteiger partial charge is 0.385 e. The van der Waals surface area contributed by atoms with Gasteiger partial charge in [0.2, 0.25) is 0 Å². The topological polar surface area (TPSA) is 50.4 Å². The van der Waals surface area contributed by atoms with Crippen molar-refractivity contribution in [3.63, 3.8) is 0 Å². The number of nitrogens with one attached hydrogen (secondary N) is 2. The van der Waals surface area contributed by atoms with Gasteiger partial charge in [-0.05, 0) is 44.0 Å². The Morgan fingerprint density at radius 2 is 2.14 bits per heavy atom. The van der Waals surface area contributed by atoms with E-state index in [1.165, 1.54) is 0 Å². The van der Waals surface area contributed by atoms with Crippen LogP contribution in [0.4, 0.5) is 5.69 Å². The second kappa shape index (κ2) is 6.06. The molecule has 2 atom stereocenters. The van der Waals surface area contributed by atoms with Gasteiger partial charge in [0.1, 0.15) is 0 Å². The fraction of sp³-hybridized carbons (Fsp3) is 0.588. The lowest BCUT2D eigenvalue weighted by Gasteiger charge is -2.51. The minimum absolute atomic E-state index is 0.00576. The number of amides is 1. The summed E-state index contributed by atoms with van der Waals surface area (Å²) in [4.78, 5) is 12.4. The van der Waals surface area contributed by atoms with Gasteiger partial charge in [0, 0.05) is 36.4 Å². The zero-order valence-electron chi connectivity index (χ0n) is 13.6. The molecular formula is C17H26N2O2. The molecule has 1 aliphatic rings. The van der Waals surface area contributed by atoms with Gasteiger partial charge in [-0.25, -0.2) is 0 Å². The fourth-order valence-electron chi connectivity index (χ4n) is 2.97. The number of rotatable bonds is 5. The first-order valence-corrected chi connectivity index (χ1v) is 7.58. The molecule has 1 aliphatic carbocycles. The van der Waals surface area contributed by atoms with Crippen LogP contribution in [-0.2, 0) is 4.74 Å². The van der Waals surface area contributed by atoms with Gasteiger partial charge in [-0.2, -0.15) is 0 Å². The van der Waals surface area contributed by atoms with Crippen LogP contribution >= 0.6 is 0 Å². The lowest BCUT2D eigenvalue weighted by atomic mass is 9.64. The van der Waals surface area contributed by atoms with Gasteiger partial charge in [0.15, 0.2) is 0 Å². The van der Waals surface area contributed by atoms with Crippen LogP contribution in [-0.4, -0.2) is 31.7 Å². The molecule has 1 fully saturated rings. The lowest BCUT2D eigenvalue weighted by Crippen LogP contribution is -2.61. The number of aryl methyl sites for hydroxylation is 1. The van der Waals surface area contributed by atoms with Crippen molar-refractivity contribution in [2.75, 3.05) is 19.0 Å². The molecule has 0 radical (unpaired) electrons. The predicted octanol–water partition coefficient (Wildman–Crippen LogP) is 2.97. The normalized spacial score (nSPS) is 23.3. The van der Waals surface area contributed by atoms with E-state index in [-0.39, 0.29) is 23.5 Å². The van der Waals surface area contributed by atoms with E-state index in [4.69, 9.17) is 4.74 Å². The Labute approximate surface area is 127 Å². The zero-order valence-corrected chi connectivity index (χ0v) is 13.6. The molecule has 2 rings (SSSR count). The molecule has 4 heteroatoms. The predicted molar refractivity (Wildman–Crippen MR) is 85.8 cm³/mol. The van der Waals surface area contributed by atoms with E-state index in [0.717, 1.165) is 24.2 Å². The maximum atomic E-state index is 12.4. The second-order valence-corrected chi connectivity index (χ2v) is 6.37. The van der Waals surface area contributed by atoms with Crippen molar-refractivity contribution in [2.45, 2.75) is 46.3 Å². The highest BCUT2D eigenvalue weighted by molar-refractivity contribution is 5.95. The number of hydrogen-bond acceptors (Lipinski definition) is 3. The molecule has 2 unspecified atom stereocenters. The third-order valence-electron chi connectivity index (χ3n) is 4.62. The summed E-state index contributed by atoms with van der Waals surface area (Å²) >= 11 is 0. The highest BCUT2D eigenvalue weighted by atomic mass is 16.5. The number of benzene rings is 1. The first kappa shape index (κ1) is 15.8. The Morgan fingerprint density at radius 1 is 1.43 bits per heavy atom. The van der Waals surface area contributed by atoms with E-state index in [2.05, 4.69) is 31.4 Å².